The van der Waals surface area contributed by atoms with Gasteiger partial charge in [-0.2, -0.15) is 0 Å². The topological polar surface area (TPSA) is 52.3 Å². The van der Waals surface area contributed by atoms with Crippen molar-refractivity contribution in [1.29, 1.82) is 0 Å². The van der Waals surface area contributed by atoms with Crippen molar-refractivity contribution < 1.29 is 9.53 Å². The first-order valence-corrected chi connectivity index (χ1v) is 4.13. The predicted octanol–water partition coefficient (Wildman–Crippen LogP) is 1.63. The second-order valence-corrected chi connectivity index (χ2v) is 2.95. The molecule has 0 aliphatic rings. The van der Waals surface area contributed by atoms with E-state index in [2.05, 4.69) is 0 Å². The zero-order valence-electron chi connectivity index (χ0n) is 7.78. The Labute approximate surface area is 77.5 Å². The molecule has 0 spiro atoms. The van der Waals surface area contributed by atoms with Gasteiger partial charge in [0.2, 0.25) is 0 Å². The summed E-state index contributed by atoms with van der Waals surface area (Å²) in [6, 6.07) is 7.17. The van der Waals surface area contributed by atoms with E-state index in [4.69, 9.17) is 10.5 Å². The molecule has 1 aromatic carbocycles. The monoisotopic (exact) mass is 179 g/mol. The van der Waals surface area contributed by atoms with Gasteiger partial charge in [0.1, 0.15) is 5.75 Å². The first kappa shape index (κ1) is 9.74. The molecule has 3 nitrogen and oxygen atoms in total. The van der Waals surface area contributed by atoms with Gasteiger partial charge < -0.3 is 10.5 Å². The molecule has 0 radical (unpaired) electrons. The summed E-state index contributed by atoms with van der Waals surface area (Å²) in [5, 5.41) is 0. The van der Waals surface area contributed by atoms with Crippen molar-refractivity contribution in [2.75, 3.05) is 0 Å². The number of rotatable bonds is 2. The molecule has 3 heteroatoms. The first-order chi connectivity index (χ1) is 6.09. The van der Waals surface area contributed by atoms with Crippen molar-refractivity contribution in [3.8, 4) is 5.75 Å². The molecule has 1 atom stereocenters. The maximum atomic E-state index is 10.6. The number of benzene rings is 1. The Balaban J connectivity index is 2.85. The minimum absolute atomic E-state index is 0.0458. The van der Waals surface area contributed by atoms with Crippen molar-refractivity contribution in [3.05, 3.63) is 29.8 Å². The summed E-state index contributed by atoms with van der Waals surface area (Å²) < 4.78 is 4.91. The molecule has 2 N–H and O–H groups in total. The number of esters is 1. The van der Waals surface area contributed by atoms with Crippen LogP contribution in [0.1, 0.15) is 25.5 Å². The average molecular weight is 179 g/mol. The lowest BCUT2D eigenvalue weighted by Gasteiger charge is -2.07. The van der Waals surface area contributed by atoms with Crippen LogP contribution < -0.4 is 10.5 Å². The SMILES string of the molecule is CC(=O)Oc1cccc([C@@H](C)N)c1. The summed E-state index contributed by atoms with van der Waals surface area (Å²) in [5.74, 6) is 0.226. The molecule has 0 fully saturated rings. The van der Waals surface area contributed by atoms with E-state index in [9.17, 15) is 4.79 Å². The summed E-state index contributed by atoms with van der Waals surface area (Å²) in [6.45, 7) is 3.26. The highest BCUT2D eigenvalue weighted by atomic mass is 16.5. The van der Waals surface area contributed by atoms with E-state index in [1.54, 1.807) is 12.1 Å². The van der Waals surface area contributed by atoms with Crippen LogP contribution in [0.5, 0.6) is 5.75 Å². The number of hydrogen-bond donors (Lipinski definition) is 1. The van der Waals surface area contributed by atoms with E-state index < -0.39 is 0 Å². The van der Waals surface area contributed by atoms with Gasteiger partial charge in [0, 0.05) is 13.0 Å². The van der Waals surface area contributed by atoms with Crippen LogP contribution in [-0.2, 0) is 4.79 Å². The van der Waals surface area contributed by atoms with Gasteiger partial charge in [-0.25, -0.2) is 0 Å². The van der Waals surface area contributed by atoms with Gasteiger partial charge in [-0.05, 0) is 24.6 Å². The Morgan fingerprint density at radius 1 is 1.54 bits per heavy atom. The summed E-state index contributed by atoms with van der Waals surface area (Å²) in [7, 11) is 0. The Hall–Kier alpha value is -1.35. The minimum Gasteiger partial charge on any atom is -0.427 e. The quantitative estimate of drug-likeness (QED) is 0.554. The number of nitrogens with two attached hydrogens (primary N) is 1. The first-order valence-electron chi connectivity index (χ1n) is 4.13. The lowest BCUT2D eigenvalue weighted by atomic mass is 10.1. The van der Waals surface area contributed by atoms with E-state index in [1.807, 2.05) is 19.1 Å². The number of carbonyl (C=O) groups is 1. The molecule has 1 aromatic rings. The fourth-order valence-electron chi connectivity index (χ4n) is 1.03. The van der Waals surface area contributed by atoms with Gasteiger partial charge in [-0.1, -0.05) is 12.1 Å². The van der Waals surface area contributed by atoms with Gasteiger partial charge in [-0.15, -0.1) is 0 Å². The molecule has 0 heterocycles. The van der Waals surface area contributed by atoms with E-state index in [0.29, 0.717) is 5.75 Å². The summed E-state index contributed by atoms with van der Waals surface area (Å²) >= 11 is 0. The van der Waals surface area contributed by atoms with Crippen LogP contribution in [0.2, 0.25) is 0 Å². The molecule has 13 heavy (non-hydrogen) atoms. The third-order valence-corrected chi connectivity index (χ3v) is 1.65. The molecule has 0 aromatic heterocycles. The van der Waals surface area contributed by atoms with Crippen LogP contribution in [0.4, 0.5) is 0 Å². The molecule has 0 amide bonds. The number of carbonyl (C=O) groups excluding carboxylic acids is 1. The fourth-order valence-corrected chi connectivity index (χ4v) is 1.03. The van der Waals surface area contributed by atoms with Crippen molar-refractivity contribution in [3.63, 3.8) is 0 Å². The van der Waals surface area contributed by atoms with Crippen molar-refractivity contribution in [1.82, 2.24) is 0 Å². The molecule has 0 bridgehead atoms. The van der Waals surface area contributed by atoms with Gasteiger partial charge in [-0.3, -0.25) is 4.79 Å². The third-order valence-electron chi connectivity index (χ3n) is 1.65. The maximum Gasteiger partial charge on any atom is 0.308 e. The van der Waals surface area contributed by atoms with Crippen LogP contribution in [0.15, 0.2) is 24.3 Å². The lowest BCUT2D eigenvalue weighted by Crippen LogP contribution is -2.06. The van der Waals surface area contributed by atoms with Crippen molar-refractivity contribution in [2.24, 2.45) is 5.73 Å². The van der Waals surface area contributed by atoms with Gasteiger partial charge >= 0.3 is 5.97 Å². The zero-order chi connectivity index (χ0) is 9.84. The number of ether oxygens (including phenoxy) is 1. The van der Waals surface area contributed by atoms with Gasteiger partial charge in [0.05, 0.1) is 0 Å². The molecule has 0 aliphatic heterocycles. The molecule has 0 unspecified atom stereocenters. The lowest BCUT2D eigenvalue weighted by molar-refractivity contribution is -0.131. The maximum absolute atomic E-state index is 10.6. The predicted molar refractivity (Wildman–Crippen MR) is 50.4 cm³/mol. The summed E-state index contributed by atoms with van der Waals surface area (Å²) in [6.07, 6.45) is 0. The van der Waals surface area contributed by atoms with Gasteiger partial charge in [0.15, 0.2) is 0 Å². The Morgan fingerprint density at radius 2 is 2.23 bits per heavy atom. The molecule has 0 saturated carbocycles. The van der Waals surface area contributed by atoms with E-state index in [1.165, 1.54) is 6.92 Å². The smallest absolute Gasteiger partial charge is 0.308 e. The van der Waals surface area contributed by atoms with Crippen LogP contribution in [0.3, 0.4) is 0 Å². The molecule has 70 valence electrons. The van der Waals surface area contributed by atoms with Crippen LogP contribution >= 0.6 is 0 Å². The van der Waals surface area contributed by atoms with E-state index in [-0.39, 0.29) is 12.0 Å². The van der Waals surface area contributed by atoms with E-state index >= 15 is 0 Å². The Kier molecular flexibility index (Phi) is 3.03. The summed E-state index contributed by atoms with van der Waals surface area (Å²) in [4.78, 5) is 10.6. The minimum atomic E-state index is -0.318. The van der Waals surface area contributed by atoms with Crippen molar-refractivity contribution >= 4 is 5.97 Å². The highest BCUT2D eigenvalue weighted by Gasteiger charge is 2.02. The van der Waals surface area contributed by atoms with Crippen LogP contribution in [0.25, 0.3) is 0 Å². The molecule has 0 aliphatic carbocycles. The zero-order valence-corrected chi connectivity index (χ0v) is 7.78. The van der Waals surface area contributed by atoms with Gasteiger partial charge in [0.25, 0.3) is 0 Å². The molecular weight excluding hydrogens is 166 g/mol. The Bertz CT molecular complexity index is 308. The fraction of sp³-hybridized carbons (Fsp3) is 0.300. The van der Waals surface area contributed by atoms with E-state index in [0.717, 1.165) is 5.56 Å². The highest BCUT2D eigenvalue weighted by molar-refractivity contribution is 5.69. The average Bonchev–Trinajstić information content (AvgIpc) is 2.03. The molecule has 0 saturated heterocycles. The molecule has 1 rings (SSSR count). The Morgan fingerprint density at radius 3 is 2.77 bits per heavy atom. The van der Waals surface area contributed by atoms with Crippen molar-refractivity contribution in [2.45, 2.75) is 19.9 Å². The normalized spacial score (nSPS) is 12.2. The standard InChI is InChI=1S/C10H13NO2/c1-7(11)9-4-3-5-10(6-9)13-8(2)12/h3-7H,11H2,1-2H3/t7-/m1/s1. The highest BCUT2D eigenvalue weighted by Crippen LogP contribution is 2.17. The van der Waals surface area contributed by atoms with Crippen LogP contribution in [-0.4, -0.2) is 5.97 Å². The molecular formula is C10H13NO2. The second-order valence-electron chi connectivity index (χ2n) is 2.95. The second kappa shape index (κ2) is 4.05. The third kappa shape index (κ3) is 2.87. The largest absolute Gasteiger partial charge is 0.427 e. The van der Waals surface area contributed by atoms with Crippen LogP contribution in [0, 0.1) is 0 Å². The summed E-state index contributed by atoms with van der Waals surface area (Å²) in [5.41, 5.74) is 6.63. The number of hydrogen-bond acceptors (Lipinski definition) is 3.